The van der Waals surface area contributed by atoms with E-state index in [4.69, 9.17) is 14.2 Å². The molecule has 0 radical (unpaired) electrons. The van der Waals surface area contributed by atoms with Crippen LogP contribution < -0.4 is 0 Å². The molecule has 0 aliphatic rings. The molecule has 0 saturated carbocycles. The smallest absolute Gasteiger partial charge is 0.306 e. The first-order chi connectivity index (χ1) is 37.0. The Morgan fingerprint density at radius 3 is 0.813 bits per heavy atom. The van der Waals surface area contributed by atoms with Crippen LogP contribution in [0, 0.1) is 0 Å². The quantitative estimate of drug-likeness (QED) is 0.0261. The van der Waals surface area contributed by atoms with Crippen LogP contribution in [-0.2, 0) is 28.6 Å². The van der Waals surface area contributed by atoms with E-state index in [0.717, 1.165) is 109 Å². The molecular formula is C69H120O6. The first-order valence-electron chi connectivity index (χ1n) is 32.1. The van der Waals surface area contributed by atoms with Gasteiger partial charge in [-0.3, -0.25) is 14.4 Å². The fraction of sp³-hybridized carbons (Fsp3) is 0.754. The van der Waals surface area contributed by atoms with E-state index >= 15 is 0 Å². The van der Waals surface area contributed by atoms with Crippen LogP contribution in [0.3, 0.4) is 0 Å². The fourth-order valence-corrected chi connectivity index (χ4v) is 9.09. The molecule has 1 unspecified atom stereocenters. The molecule has 6 heteroatoms. The average molecular weight is 1050 g/mol. The molecular weight excluding hydrogens is 925 g/mol. The standard InChI is InChI=1S/C69H120O6/c1-4-7-10-13-16-19-22-24-26-28-30-32-33-34-35-37-38-40-42-44-47-50-53-56-59-62-68(71)74-65-66(64-73-67(70)61-58-55-52-49-46-21-18-15-12-9-6-3)75-69(72)63-60-57-54-51-48-45-43-41-39-36-31-29-27-25-23-20-17-14-11-8-5-2/h7,10,16,19,23-26,29-32,39,41,66H,4-6,8-9,11-15,17-18,20-22,27-28,33-38,40,42-65H2,1-3H3/b10-7-,19-16-,25-23-,26-24-,31-29-,32-30-,41-39-. The molecule has 0 aliphatic heterocycles. The molecule has 0 fully saturated rings. The van der Waals surface area contributed by atoms with Gasteiger partial charge < -0.3 is 14.2 Å². The first kappa shape index (κ1) is 71.6. The number of carbonyl (C=O) groups is 3. The molecule has 0 rings (SSSR count). The summed E-state index contributed by atoms with van der Waals surface area (Å²) in [6, 6.07) is 0. The van der Waals surface area contributed by atoms with Gasteiger partial charge in [-0.2, -0.15) is 0 Å². The molecule has 0 spiro atoms. The second-order valence-corrected chi connectivity index (χ2v) is 21.3. The lowest BCUT2D eigenvalue weighted by atomic mass is 10.0. The maximum Gasteiger partial charge on any atom is 0.306 e. The van der Waals surface area contributed by atoms with Crippen LogP contribution in [0.25, 0.3) is 0 Å². The topological polar surface area (TPSA) is 78.9 Å². The van der Waals surface area contributed by atoms with E-state index in [1.165, 1.54) is 167 Å². The number of rotatable bonds is 58. The molecule has 0 bridgehead atoms. The lowest BCUT2D eigenvalue weighted by Crippen LogP contribution is -2.30. The molecule has 0 aliphatic carbocycles. The third kappa shape index (κ3) is 61.3. The van der Waals surface area contributed by atoms with E-state index in [1.807, 2.05) is 0 Å². The number of hydrogen-bond acceptors (Lipinski definition) is 6. The fourth-order valence-electron chi connectivity index (χ4n) is 9.09. The molecule has 1 atom stereocenters. The highest BCUT2D eigenvalue weighted by Gasteiger charge is 2.19. The molecule has 0 saturated heterocycles. The Labute approximate surface area is 465 Å². The molecule has 75 heavy (non-hydrogen) atoms. The minimum atomic E-state index is -0.783. The van der Waals surface area contributed by atoms with Gasteiger partial charge in [0.25, 0.3) is 0 Å². The molecule has 0 aromatic rings. The van der Waals surface area contributed by atoms with E-state index in [2.05, 4.69) is 106 Å². The van der Waals surface area contributed by atoms with Crippen molar-refractivity contribution in [2.45, 2.75) is 322 Å². The van der Waals surface area contributed by atoms with Gasteiger partial charge in [0, 0.05) is 19.3 Å². The van der Waals surface area contributed by atoms with Gasteiger partial charge in [-0.25, -0.2) is 0 Å². The van der Waals surface area contributed by atoms with Gasteiger partial charge in [0.05, 0.1) is 0 Å². The highest BCUT2D eigenvalue weighted by Crippen LogP contribution is 2.16. The molecule has 0 aromatic carbocycles. The van der Waals surface area contributed by atoms with Gasteiger partial charge in [0.15, 0.2) is 6.10 Å². The highest BCUT2D eigenvalue weighted by atomic mass is 16.6. The molecule has 0 aromatic heterocycles. The predicted octanol–water partition coefficient (Wildman–Crippen LogP) is 21.9. The van der Waals surface area contributed by atoms with Gasteiger partial charge in [-0.05, 0) is 96.3 Å². The van der Waals surface area contributed by atoms with Gasteiger partial charge in [-0.15, -0.1) is 0 Å². The van der Waals surface area contributed by atoms with Crippen molar-refractivity contribution >= 4 is 17.9 Å². The van der Waals surface area contributed by atoms with Gasteiger partial charge in [-0.1, -0.05) is 286 Å². The van der Waals surface area contributed by atoms with Crippen molar-refractivity contribution in [1.82, 2.24) is 0 Å². The van der Waals surface area contributed by atoms with Crippen molar-refractivity contribution in [3.8, 4) is 0 Å². The number of esters is 3. The molecule has 0 heterocycles. The summed E-state index contributed by atoms with van der Waals surface area (Å²) < 4.78 is 16.9. The van der Waals surface area contributed by atoms with Crippen molar-refractivity contribution < 1.29 is 28.6 Å². The van der Waals surface area contributed by atoms with Crippen LogP contribution in [0.5, 0.6) is 0 Å². The van der Waals surface area contributed by atoms with Crippen molar-refractivity contribution in [3.05, 3.63) is 85.1 Å². The second kappa shape index (κ2) is 63.1. The third-order valence-corrected chi connectivity index (χ3v) is 13.9. The van der Waals surface area contributed by atoms with Gasteiger partial charge in [0.1, 0.15) is 13.2 Å². The summed E-state index contributed by atoms with van der Waals surface area (Å²) in [5.41, 5.74) is 0. The van der Waals surface area contributed by atoms with Gasteiger partial charge in [0.2, 0.25) is 0 Å². The Bertz CT molecular complexity index is 1430. The van der Waals surface area contributed by atoms with E-state index in [9.17, 15) is 14.4 Å². The lowest BCUT2D eigenvalue weighted by Gasteiger charge is -2.18. The monoisotopic (exact) mass is 1040 g/mol. The second-order valence-electron chi connectivity index (χ2n) is 21.3. The van der Waals surface area contributed by atoms with Gasteiger partial charge >= 0.3 is 17.9 Å². The Morgan fingerprint density at radius 1 is 0.280 bits per heavy atom. The lowest BCUT2D eigenvalue weighted by molar-refractivity contribution is -0.167. The zero-order valence-electron chi connectivity index (χ0n) is 49.6. The molecule has 6 nitrogen and oxygen atoms in total. The zero-order chi connectivity index (χ0) is 54.3. The first-order valence-corrected chi connectivity index (χ1v) is 32.1. The third-order valence-electron chi connectivity index (χ3n) is 13.9. The minimum Gasteiger partial charge on any atom is -0.462 e. The summed E-state index contributed by atoms with van der Waals surface area (Å²) in [6.07, 6.45) is 83.0. The van der Waals surface area contributed by atoms with E-state index < -0.39 is 6.10 Å². The molecule has 432 valence electrons. The maximum atomic E-state index is 12.9. The van der Waals surface area contributed by atoms with Crippen molar-refractivity contribution in [2.24, 2.45) is 0 Å². The number of unbranched alkanes of at least 4 members (excludes halogenated alkanes) is 33. The maximum absolute atomic E-state index is 12.9. The zero-order valence-corrected chi connectivity index (χ0v) is 49.6. The number of allylic oxidation sites excluding steroid dienone is 14. The van der Waals surface area contributed by atoms with E-state index in [0.29, 0.717) is 19.3 Å². The van der Waals surface area contributed by atoms with Crippen LogP contribution in [0.15, 0.2) is 85.1 Å². The van der Waals surface area contributed by atoms with Crippen molar-refractivity contribution in [2.75, 3.05) is 13.2 Å². The normalized spacial score (nSPS) is 12.6. The summed E-state index contributed by atoms with van der Waals surface area (Å²) in [5, 5.41) is 0. The summed E-state index contributed by atoms with van der Waals surface area (Å²) >= 11 is 0. The highest BCUT2D eigenvalue weighted by molar-refractivity contribution is 5.71. The number of ether oxygens (including phenoxy) is 3. The van der Waals surface area contributed by atoms with Crippen LogP contribution in [0.4, 0.5) is 0 Å². The van der Waals surface area contributed by atoms with E-state index in [-0.39, 0.29) is 31.1 Å². The summed E-state index contributed by atoms with van der Waals surface area (Å²) in [6.45, 7) is 6.53. The Hall–Kier alpha value is -3.41. The summed E-state index contributed by atoms with van der Waals surface area (Å²) in [5.74, 6) is -0.882. The van der Waals surface area contributed by atoms with Crippen LogP contribution in [0.1, 0.15) is 316 Å². The SMILES string of the molecule is CC/C=C\C/C=C\C/C=C\C/C=C\CCCCCCCCCCCCCCC(=O)OCC(COC(=O)CCCCCCCCCCCCC)OC(=O)CCCCCCCC/C=C\C/C=C\C/C=C\CCCCCCC. The Morgan fingerprint density at radius 2 is 0.520 bits per heavy atom. The molecule has 0 amide bonds. The minimum absolute atomic E-state index is 0.0794. The number of hydrogen-bond donors (Lipinski definition) is 0. The summed E-state index contributed by atoms with van der Waals surface area (Å²) in [7, 11) is 0. The predicted molar refractivity (Wildman–Crippen MR) is 325 cm³/mol. The Kier molecular flexibility index (Phi) is 60.3. The van der Waals surface area contributed by atoms with Crippen molar-refractivity contribution in [3.63, 3.8) is 0 Å². The van der Waals surface area contributed by atoms with Crippen LogP contribution in [-0.4, -0.2) is 37.2 Å². The Balaban J connectivity index is 4.29. The average Bonchev–Trinajstić information content (AvgIpc) is 3.41. The van der Waals surface area contributed by atoms with E-state index in [1.54, 1.807) is 0 Å². The van der Waals surface area contributed by atoms with Crippen LogP contribution in [0.2, 0.25) is 0 Å². The molecule has 0 N–H and O–H groups in total. The van der Waals surface area contributed by atoms with Crippen molar-refractivity contribution in [1.29, 1.82) is 0 Å². The number of carbonyl (C=O) groups excluding carboxylic acids is 3. The largest absolute Gasteiger partial charge is 0.462 e. The summed E-state index contributed by atoms with van der Waals surface area (Å²) in [4.78, 5) is 38.3. The van der Waals surface area contributed by atoms with Crippen LogP contribution >= 0.6 is 0 Å².